The maximum atomic E-state index is 12.2. The number of hydrogen-bond donors (Lipinski definition) is 1. The molecular weight excluding hydrogens is 633 g/mol. The molecule has 0 spiro atoms. The number of hydrogen-bond acceptors (Lipinski definition) is 5. The number of rotatable bonds is 39. The molecule has 0 bridgehead atoms. The number of nitrogens with one attached hydrogen (secondary N) is 1. The van der Waals surface area contributed by atoms with Crippen LogP contribution in [0.5, 0.6) is 0 Å². The monoisotopic (exact) mass is 717 g/mol. The van der Waals surface area contributed by atoms with Crippen molar-refractivity contribution in [2.24, 2.45) is 5.92 Å². The lowest BCUT2D eigenvalue weighted by Gasteiger charge is -2.18. The second-order valence-electron chi connectivity index (χ2n) is 14.5. The third-order valence-corrected chi connectivity index (χ3v) is 8.96. The predicted molar refractivity (Wildman–Crippen MR) is 222 cm³/mol. The molecule has 1 amide bonds. The van der Waals surface area contributed by atoms with Gasteiger partial charge in [-0.15, -0.1) is 0 Å². The summed E-state index contributed by atoms with van der Waals surface area (Å²) in [5.74, 6) is 0.0544. The second kappa shape index (κ2) is 42.5. The second-order valence-corrected chi connectivity index (χ2v) is 14.5. The number of carbonyl (C=O) groups excluding carboxylic acids is 1. The first-order chi connectivity index (χ1) is 25.1. The van der Waals surface area contributed by atoms with Gasteiger partial charge in [0.25, 0.3) is 0 Å². The van der Waals surface area contributed by atoms with Crippen LogP contribution in [0.3, 0.4) is 0 Å². The predicted octanol–water partition coefficient (Wildman–Crippen LogP) is 12.6. The van der Waals surface area contributed by atoms with Gasteiger partial charge in [0, 0.05) is 32.2 Å². The summed E-state index contributed by atoms with van der Waals surface area (Å²) in [4.78, 5) is 14.2. The van der Waals surface area contributed by atoms with Crippen LogP contribution in [0.15, 0.2) is 48.6 Å². The number of carbonyl (C=O) groups is 1. The molecule has 51 heavy (non-hydrogen) atoms. The van der Waals surface area contributed by atoms with Crippen LogP contribution >= 0.6 is 0 Å². The summed E-state index contributed by atoms with van der Waals surface area (Å²) < 4.78 is 17.6. The number of likely N-dealkylation sites (N-methyl/N-ethyl adjacent to an activating group) is 1. The zero-order valence-electron chi connectivity index (χ0n) is 34.2. The zero-order chi connectivity index (χ0) is 37.1. The lowest BCUT2D eigenvalue weighted by Crippen LogP contribution is -2.33. The molecule has 0 rings (SSSR count). The SMILES string of the molecule is CCCCC/C=C\C/C=C\CCCCCCCCOCC(COCCCCCCCC/C=C\C/C=C\CCCCC)COC(=O)NCCN(C)C. The minimum Gasteiger partial charge on any atom is -0.449 e. The molecule has 0 fully saturated rings. The molecule has 0 aromatic heterocycles. The quantitative estimate of drug-likeness (QED) is 0.0507. The minimum atomic E-state index is -0.364. The third-order valence-electron chi connectivity index (χ3n) is 8.96. The lowest BCUT2D eigenvalue weighted by atomic mass is 10.1. The van der Waals surface area contributed by atoms with Crippen molar-refractivity contribution in [3.8, 4) is 0 Å². The third kappa shape index (κ3) is 42.4. The number of allylic oxidation sites excluding steroid dienone is 8. The summed E-state index contributed by atoms with van der Waals surface area (Å²) in [5.41, 5.74) is 0. The molecule has 6 heteroatoms. The Kier molecular flexibility index (Phi) is 40.9. The Bertz CT molecular complexity index is 771. The topological polar surface area (TPSA) is 60.0 Å². The van der Waals surface area contributed by atoms with Gasteiger partial charge < -0.3 is 24.4 Å². The van der Waals surface area contributed by atoms with Crippen molar-refractivity contribution in [1.82, 2.24) is 10.2 Å². The Morgan fingerprint density at radius 1 is 0.529 bits per heavy atom. The standard InChI is InChI=1S/C45H84N2O4/c1-5-7-9-11-13-15-17-19-21-23-25-27-29-31-33-35-39-49-41-44(43-51-45(48)46-37-38-47(3)4)42-50-40-36-34-32-30-28-26-24-22-20-18-16-14-12-10-8-6-2/h13-16,19-22,44H,5-12,17-18,23-43H2,1-4H3,(H,46,48)/b15-13-,16-14-,21-19-,22-20-. The fourth-order valence-electron chi connectivity index (χ4n) is 5.66. The summed E-state index contributed by atoms with van der Waals surface area (Å²) in [5, 5.41) is 2.83. The zero-order valence-corrected chi connectivity index (χ0v) is 34.2. The minimum absolute atomic E-state index is 0.0544. The van der Waals surface area contributed by atoms with Gasteiger partial charge in [0.1, 0.15) is 6.61 Å². The van der Waals surface area contributed by atoms with E-state index in [1.165, 1.54) is 128 Å². The molecule has 0 saturated heterocycles. The van der Waals surface area contributed by atoms with E-state index in [4.69, 9.17) is 14.2 Å². The van der Waals surface area contributed by atoms with Gasteiger partial charge in [0.2, 0.25) is 0 Å². The lowest BCUT2D eigenvalue weighted by molar-refractivity contribution is 0.00891. The molecule has 0 aromatic rings. The Morgan fingerprint density at radius 2 is 0.922 bits per heavy atom. The largest absolute Gasteiger partial charge is 0.449 e. The van der Waals surface area contributed by atoms with Crippen LogP contribution in [0, 0.1) is 5.92 Å². The molecule has 0 aliphatic heterocycles. The highest BCUT2D eigenvalue weighted by molar-refractivity contribution is 5.67. The van der Waals surface area contributed by atoms with E-state index in [1.807, 2.05) is 19.0 Å². The van der Waals surface area contributed by atoms with E-state index in [9.17, 15) is 4.79 Å². The molecule has 0 heterocycles. The molecule has 0 aliphatic carbocycles. The molecule has 6 nitrogen and oxygen atoms in total. The first kappa shape index (κ1) is 49.1. The number of amides is 1. The number of unbranched alkanes of at least 4 members (excludes halogenated alkanes) is 18. The fourth-order valence-corrected chi connectivity index (χ4v) is 5.66. The van der Waals surface area contributed by atoms with Crippen LogP contribution in [0.1, 0.15) is 168 Å². The van der Waals surface area contributed by atoms with Crippen LogP contribution in [0.2, 0.25) is 0 Å². The normalized spacial score (nSPS) is 12.3. The Morgan fingerprint density at radius 3 is 1.33 bits per heavy atom. The van der Waals surface area contributed by atoms with E-state index in [2.05, 4.69) is 67.8 Å². The highest BCUT2D eigenvalue weighted by atomic mass is 16.6. The summed E-state index contributed by atoms with van der Waals surface area (Å²) >= 11 is 0. The van der Waals surface area contributed by atoms with Crippen molar-refractivity contribution in [2.75, 3.05) is 60.2 Å². The van der Waals surface area contributed by atoms with Crippen LogP contribution in [-0.2, 0) is 14.2 Å². The van der Waals surface area contributed by atoms with Gasteiger partial charge in [0.05, 0.1) is 13.2 Å². The maximum absolute atomic E-state index is 12.2. The fraction of sp³-hybridized carbons (Fsp3) is 0.800. The van der Waals surface area contributed by atoms with Gasteiger partial charge in [0.15, 0.2) is 0 Å². The number of alkyl carbamates (subject to hydrolysis) is 1. The summed E-state index contributed by atoms with van der Waals surface area (Å²) in [6.07, 6.45) is 48.0. The first-order valence-corrected chi connectivity index (χ1v) is 21.4. The molecule has 0 aromatic carbocycles. The molecule has 0 unspecified atom stereocenters. The Hall–Kier alpha value is -1.89. The Balaban J connectivity index is 3.98. The van der Waals surface area contributed by atoms with Crippen molar-refractivity contribution in [2.45, 2.75) is 168 Å². The van der Waals surface area contributed by atoms with Crippen LogP contribution in [0.25, 0.3) is 0 Å². The van der Waals surface area contributed by atoms with E-state index < -0.39 is 0 Å². The Labute approximate surface area is 317 Å². The maximum Gasteiger partial charge on any atom is 0.407 e. The first-order valence-electron chi connectivity index (χ1n) is 21.4. The van der Waals surface area contributed by atoms with Crippen LogP contribution < -0.4 is 5.32 Å². The molecule has 0 radical (unpaired) electrons. The summed E-state index contributed by atoms with van der Waals surface area (Å²) in [7, 11) is 3.98. The average molecular weight is 717 g/mol. The highest BCUT2D eigenvalue weighted by Gasteiger charge is 2.13. The van der Waals surface area contributed by atoms with E-state index in [0.717, 1.165) is 45.4 Å². The van der Waals surface area contributed by atoms with E-state index >= 15 is 0 Å². The molecule has 0 aliphatic rings. The van der Waals surface area contributed by atoms with E-state index in [0.29, 0.717) is 26.4 Å². The molecule has 1 N–H and O–H groups in total. The van der Waals surface area contributed by atoms with Gasteiger partial charge in [-0.05, 0) is 91.1 Å². The smallest absolute Gasteiger partial charge is 0.407 e. The van der Waals surface area contributed by atoms with Crippen molar-refractivity contribution in [1.29, 1.82) is 0 Å². The van der Waals surface area contributed by atoms with E-state index in [1.54, 1.807) is 0 Å². The van der Waals surface area contributed by atoms with Gasteiger partial charge >= 0.3 is 6.09 Å². The van der Waals surface area contributed by atoms with Gasteiger partial charge in [-0.25, -0.2) is 4.79 Å². The van der Waals surface area contributed by atoms with Crippen molar-refractivity contribution in [3.63, 3.8) is 0 Å². The van der Waals surface area contributed by atoms with Gasteiger partial charge in [-0.2, -0.15) is 0 Å². The molecule has 298 valence electrons. The van der Waals surface area contributed by atoms with Crippen LogP contribution in [0.4, 0.5) is 4.79 Å². The van der Waals surface area contributed by atoms with Crippen molar-refractivity contribution < 1.29 is 19.0 Å². The van der Waals surface area contributed by atoms with E-state index in [-0.39, 0.29) is 12.0 Å². The van der Waals surface area contributed by atoms with Crippen LogP contribution in [-0.4, -0.2) is 71.2 Å². The van der Waals surface area contributed by atoms with Gasteiger partial charge in [-0.3, -0.25) is 0 Å². The van der Waals surface area contributed by atoms with Crippen molar-refractivity contribution >= 4 is 6.09 Å². The van der Waals surface area contributed by atoms with Gasteiger partial charge in [-0.1, -0.05) is 140 Å². The summed E-state index contributed by atoms with van der Waals surface area (Å²) in [6, 6.07) is 0. The number of ether oxygens (including phenoxy) is 3. The molecular formula is C45H84N2O4. The molecule has 0 atom stereocenters. The highest BCUT2D eigenvalue weighted by Crippen LogP contribution is 2.11. The summed E-state index contributed by atoms with van der Waals surface area (Å²) in [6.45, 7) is 8.83. The average Bonchev–Trinajstić information content (AvgIpc) is 3.12. The van der Waals surface area contributed by atoms with Crippen molar-refractivity contribution in [3.05, 3.63) is 48.6 Å². The number of nitrogens with zero attached hydrogens (tertiary/aromatic N) is 1. The molecule has 0 saturated carbocycles.